The second-order valence-corrected chi connectivity index (χ2v) is 6.96. The molecule has 0 aliphatic rings. The predicted molar refractivity (Wildman–Crippen MR) is 115 cm³/mol. The van der Waals surface area contributed by atoms with Crippen LogP contribution >= 0.6 is 0 Å². The lowest BCUT2D eigenvalue weighted by molar-refractivity contribution is -0.137. The Hall–Kier alpha value is -4.00. The van der Waals surface area contributed by atoms with Gasteiger partial charge in [-0.15, -0.1) is 0 Å². The fraction of sp³-hybridized carbons (Fsp3) is 0.167. The second-order valence-electron chi connectivity index (χ2n) is 6.96. The molecule has 1 atom stereocenters. The molecule has 3 aromatic rings. The summed E-state index contributed by atoms with van der Waals surface area (Å²) in [4.78, 5) is 40.7. The largest absolute Gasteiger partial charge is 0.481 e. The zero-order valence-electron chi connectivity index (χ0n) is 16.8. The van der Waals surface area contributed by atoms with Gasteiger partial charge in [-0.2, -0.15) is 0 Å². The first-order chi connectivity index (χ1) is 15.0. The molecule has 0 spiro atoms. The van der Waals surface area contributed by atoms with Crippen LogP contribution in [0, 0.1) is 0 Å². The summed E-state index contributed by atoms with van der Waals surface area (Å²) in [5, 5.41) is 14.7. The van der Waals surface area contributed by atoms with Gasteiger partial charge >= 0.3 is 5.97 Å². The van der Waals surface area contributed by atoms with Gasteiger partial charge in [-0.25, -0.2) is 0 Å². The molecule has 0 radical (unpaired) electrons. The number of hydrogen-bond acceptors (Lipinski definition) is 4. The molecular formula is C24H23N3O4. The molecule has 0 aliphatic heterocycles. The number of aromatic nitrogens is 1. The van der Waals surface area contributed by atoms with Gasteiger partial charge in [0.05, 0.1) is 11.6 Å². The number of aliphatic carboxylic acids is 1. The molecule has 0 saturated carbocycles. The van der Waals surface area contributed by atoms with E-state index in [2.05, 4.69) is 15.6 Å². The van der Waals surface area contributed by atoms with Gasteiger partial charge < -0.3 is 15.7 Å². The Morgan fingerprint density at radius 1 is 0.839 bits per heavy atom. The standard InChI is InChI=1S/C24H23N3O4/c28-21(29)14-13-20(26-23(30)19-12-7-15-25-16-19)24(31)27-22(17-8-3-1-4-9-17)18-10-5-2-6-11-18/h1-12,15-16,20,22H,13-14H2,(H,26,30)(H,27,31)(H,28,29). The molecular weight excluding hydrogens is 394 g/mol. The first kappa shape index (κ1) is 21.7. The van der Waals surface area contributed by atoms with Crippen molar-refractivity contribution in [2.24, 2.45) is 0 Å². The van der Waals surface area contributed by atoms with Gasteiger partial charge in [0.1, 0.15) is 6.04 Å². The number of carbonyl (C=O) groups is 3. The maximum Gasteiger partial charge on any atom is 0.303 e. The van der Waals surface area contributed by atoms with Gasteiger partial charge in [0, 0.05) is 18.8 Å². The Balaban J connectivity index is 1.82. The number of carbonyl (C=O) groups excluding carboxylic acids is 2. The molecule has 31 heavy (non-hydrogen) atoms. The van der Waals surface area contributed by atoms with Gasteiger partial charge in [0.25, 0.3) is 5.91 Å². The van der Waals surface area contributed by atoms with Crippen LogP contribution < -0.4 is 10.6 Å². The van der Waals surface area contributed by atoms with Crippen molar-refractivity contribution in [3.8, 4) is 0 Å². The molecule has 7 nitrogen and oxygen atoms in total. The fourth-order valence-corrected chi connectivity index (χ4v) is 3.17. The van der Waals surface area contributed by atoms with E-state index in [0.717, 1.165) is 11.1 Å². The average Bonchev–Trinajstić information content (AvgIpc) is 2.81. The number of carboxylic acids is 1. The highest BCUT2D eigenvalue weighted by Crippen LogP contribution is 2.22. The molecule has 2 aromatic carbocycles. The van der Waals surface area contributed by atoms with Crippen LogP contribution in [-0.4, -0.2) is 33.9 Å². The molecule has 0 fully saturated rings. The third kappa shape index (κ3) is 6.24. The van der Waals surface area contributed by atoms with Gasteiger partial charge in [-0.05, 0) is 29.7 Å². The summed E-state index contributed by atoms with van der Waals surface area (Å²) in [6.07, 6.45) is 2.63. The second kappa shape index (κ2) is 10.7. The molecule has 1 heterocycles. The van der Waals surface area contributed by atoms with Crippen LogP contribution in [0.1, 0.15) is 40.4 Å². The maximum atomic E-state index is 13.1. The van der Waals surface area contributed by atoms with Crippen molar-refractivity contribution in [3.63, 3.8) is 0 Å². The molecule has 0 saturated heterocycles. The van der Waals surface area contributed by atoms with E-state index in [1.165, 1.54) is 12.4 Å². The van der Waals surface area contributed by atoms with Crippen molar-refractivity contribution >= 4 is 17.8 Å². The maximum absolute atomic E-state index is 13.1. The van der Waals surface area contributed by atoms with Crippen molar-refractivity contribution in [1.29, 1.82) is 0 Å². The number of nitrogens with one attached hydrogen (secondary N) is 2. The number of carboxylic acid groups (broad SMARTS) is 1. The van der Waals surface area contributed by atoms with Crippen LogP contribution in [0.15, 0.2) is 85.2 Å². The molecule has 3 N–H and O–H groups in total. The minimum atomic E-state index is -1.05. The highest BCUT2D eigenvalue weighted by atomic mass is 16.4. The fourth-order valence-electron chi connectivity index (χ4n) is 3.17. The van der Waals surface area contributed by atoms with Gasteiger partial charge in [0.2, 0.25) is 5.91 Å². The summed E-state index contributed by atoms with van der Waals surface area (Å²) < 4.78 is 0. The molecule has 0 aliphatic carbocycles. The number of nitrogens with zero attached hydrogens (tertiary/aromatic N) is 1. The molecule has 7 heteroatoms. The van der Waals surface area contributed by atoms with Crippen LogP contribution in [0.4, 0.5) is 0 Å². The van der Waals surface area contributed by atoms with Crippen molar-refractivity contribution in [2.75, 3.05) is 0 Å². The molecule has 0 bridgehead atoms. The topological polar surface area (TPSA) is 108 Å². The van der Waals surface area contributed by atoms with Crippen LogP contribution in [0.5, 0.6) is 0 Å². The Morgan fingerprint density at radius 2 is 1.45 bits per heavy atom. The lowest BCUT2D eigenvalue weighted by Crippen LogP contribution is -2.48. The molecule has 1 unspecified atom stereocenters. The zero-order valence-corrected chi connectivity index (χ0v) is 16.8. The molecule has 158 valence electrons. The Bertz CT molecular complexity index is 971. The number of pyridine rings is 1. The van der Waals surface area contributed by atoms with Crippen molar-refractivity contribution in [2.45, 2.75) is 24.9 Å². The van der Waals surface area contributed by atoms with Crippen LogP contribution in [-0.2, 0) is 9.59 Å². The Morgan fingerprint density at radius 3 is 1.97 bits per heavy atom. The first-order valence-electron chi connectivity index (χ1n) is 9.87. The van der Waals surface area contributed by atoms with E-state index in [1.807, 2.05) is 60.7 Å². The highest BCUT2D eigenvalue weighted by Gasteiger charge is 2.26. The lowest BCUT2D eigenvalue weighted by Gasteiger charge is -2.24. The van der Waals surface area contributed by atoms with Crippen LogP contribution in [0.25, 0.3) is 0 Å². The van der Waals surface area contributed by atoms with Crippen LogP contribution in [0.3, 0.4) is 0 Å². The molecule has 1 aromatic heterocycles. The van der Waals surface area contributed by atoms with Gasteiger partial charge in [0.15, 0.2) is 0 Å². The molecule has 2 amide bonds. The highest BCUT2D eigenvalue weighted by molar-refractivity contribution is 5.97. The number of amides is 2. The van der Waals surface area contributed by atoms with E-state index in [1.54, 1.807) is 12.1 Å². The normalized spacial score (nSPS) is 11.5. The van der Waals surface area contributed by atoms with E-state index in [-0.39, 0.29) is 12.8 Å². The summed E-state index contributed by atoms with van der Waals surface area (Å²) in [5.41, 5.74) is 2.04. The summed E-state index contributed by atoms with van der Waals surface area (Å²) >= 11 is 0. The lowest BCUT2D eigenvalue weighted by atomic mass is 9.98. The van der Waals surface area contributed by atoms with E-state index in [4.69, 9.17) is 5.11 Å². The summed E-state index contributed by atoms with van der Waals surface area (Å²) in [6, 6.07) is 20.6. The number of benzene rings is 2. The quantitative estimate of drug-likeness (QED) is 0.496. The number of hydrogen-bond donors (Lipinski definition) is 3. The smallest absolute Gasteiger partial charge is 0.303 e. The minimum absolute atomic E-state index is 0.0382. The first-order valence-corrected chi connectivity index (χ1v) is 9.87. The Kier molecular flexibility index (Phi) is 7.48. The third-order valence-corrected chi connectivity index (χ3v) is 4.74. The third-order valence-electron chi connectivity index (χ3n) is 4.74. The van der Waals surface area contributed by atoms with E-state index in [0.29, 0.717) is 5.56 Å². The monoisotopic (exact) mass is 417 g/mol. The number of rotatable bonds is 9. The average molecular weight is 417 g/mol. The zero-order chi connectivity index (χ0) is 22.1. The van der Waals surface area contributed by atoms with Gasteiger partial charge in [-0.1, -0.05) is 60.7 Å². The summed E-state index contributed by atoms with van der Waals surface area (Å²) in [7, 11) is 0. The van der Waals surface area contributed by atoms with E-state index >= 15 is 0 Å². The van der Waals surface area contributed by atoms with E-state index < -0.39 is 29.9 Å². The SMILES string of the molecule is O=C(O)CCC(NC(=O)c1cccnc1)C(=O)NC(c1ccccc1)c1ccccc1. The van der Waals surface area contributed by atoms with Crippen LogP contribution in [0.2, 0.25) is 0 Å². The predicted octanol–water partition coefficient (Wildman–Crippen LogP) is 2.95. The van der Waals surface area contributed by atoms with Crippen molar-refractivity contribution in [3.05, 3.63) is 102 Å². The minimum Gasteiger partial charge on any atom is -0.481 e. The molecule has 3 rings (SSSR count). The Labute approximate surface area is 180 Å². The van der Waals surface area contributed by atoms with E-state index in [9.17, 15) is 14.4 Å². The van der Waals surface area contributed by atoms with Crippen molar-refractivity contribution < 1.29 is 19.5 Å². The van der Waals surface area contributed by atoms with Gasteiger partial charge in [-0.3, -0.25) is 19.4 Å². The summed E-state index contributed by atoms with van der Waals surface area (Å²) in [5.74, 6) is -2.00. The van der Waals surface area contributed by atoms with Crippen molar-refractivity contribution in [1.82, 2.24) is 15.6 Å². The summed E-state index contributed by atoms with van der Waals surface area (Å²) in [6.45, 7) is 0.